The smallest absolute Gasteiger partial charge is 0.333 e. The molecule has 1 aromatic heterocycles. The van der Waals surface area contributed by atoms with Gasteiger partial charge in [-0.05, 0) is 138 Å². The van der Waals surface area contributed by atoms with E-state index in [9.17, 15) is 0 Å². The predicted molar refractivity (Wildman–Crippen MR) is 337 cm³/mol. The molecule has 0 atom stereocenters. The summed E-state index contributed by atoms with van der Waals surface area (Å²) >= 11 is 1.89. The van der Waals surface area contributed by atoms with Gasteiger partial charge in [-0.15, -0.1) is 11.3 Å². The number of thiophene rings is 1. The molecule has 0 unspecified atom stereocenters. The van der Waals surface area contributed by atoms with Gasteiger partial charge in [0.15, 0.2) is 0 Å². The minimum Gasteiger partial charge on any atom is -0.376 e. The summed E-state index contributed by atoms with van der Waals surface area (Å²) < 4.78 is 2.55. The fraction of sp³-hybridized carbons (Fsp3) is 0.178. The summed E-state index contributed by atoms with van der Waals surface area (Å²) in [4.78, 5) is 5.12. The molecule has 382 valence electrons. The van der Waals surface area contributed by atoms with Crippen molar-refractivity contribution in [3.8, 4) is 11.1 Å². The molecule has 0 radical (unpaired) electrons. The van der Waals surface area contributed by atoms with Gasteiger partial charge in [0.05, 0.1) is 5.41 Å². The van der Waals surface area contributed by atoms with Gasteiger partial charge in [0, 0.05) is 65.5 Å². The second kappa shape index (κ2) is 18.5. The highest BCUT2D eigenvalue weighted by Crippen LogP contribution is 2.54. The maximum Gasteiger partial charge on any atom is 0.333 e. The Morgan fingerprint density at radius 2 is 0.923 bits per heavy atom. The fourth-order valence-corrected chi connectivity index (χ4v) is 13.9. The average Bonchev–Trinajstić information content (AvgIpc) is 4.01. The number of anilines is 7. The van der Waals surface area contributed by atoms with Gasteiger partial charge in [-0.3, -0.25) is 0 Å². The normalized spacial score (nSPS) is 13.2. The van der Waals surface area contributed by atoms with Crippen LogP contribution < -0.4 is 26.0 Å². The number of hydrogen-bond acceptors (Lipinski definition) is 4. The van der Waals surface area contributed by atoms with Crippen LogP contribution in [0.4, 0.5) is 39.8 Å². The Hall–Kier alpha value is -8.12. The topological polar surface area (TPSA) is 18.5 Å². The van der Waals surface area contributed by atoms with Crippen molar-refractivity contribution in [3.63, 3.8) is 0 Å². The summed E-state index contributed by atoms with van der Waals surface area (Å²) in [5.74, 6) is 0. The lowest BCUT2D eigenvalue weighted by molar-refractivity contribution is 0.590. The second-order valence-corrected chi connectivity index (χ2v) is 25.7. The summed E-state index contributed by atoms with van der Waals surface area (Å²) in [5, 5.41) is 6.92. The summed E-state index contributed by atoms with van der Waals surface area (Å²) in [5.41, 5.74) is 21.1. The minimum atomic E-state index is -0.676. The fourth-order valence-electron chi connectivity index (χ4n) is 12.7. The third-order valence-electron chi connectivity index (χ3n) is 16.7. The number of rotatable bonds is 8. The third kappa shape index (κ3) is 8.08. The van der Waals surface area contributed by atoms with Gasteiger partial charge in [-0.25, -0.2) is 0 Å². The monoisotopic (exact) mass is 1030 g/mol. The van der Waals surface area contributed by atoms with Gasteiger partial charge in [-0.1, -0.05) is 226 Å². The first-order chi connectivity index (χ1) is 37.6. The average molecular weight is 1030 g/mol. The van der Waals surface area contributed by atoms with E-state index in [1.54, 1.807) is 0 Å². The minimum absolute atomic E-state index is 0.00977. The van der Waals surface area contributed by atoms with Crippen molar-refractivity contribution in [1.29, 1.82) is 0 Å². The summed E-state index contributed by atoms with van der Waals surface area (Å²) in [6, 6.07) is 87.2. The molecule has 0 saturated carbocycles. The maximum atomic E-state index is 4.32. The number of nitrogens with zero attached hydrogens (tertiary/aromatic N) is 2. The Balaban J connectivity index is 1.12. The van der Waals surface area contributed by atoms with Crippen molar-refractivity contribution >= 4 is 89.1 Å². The molecule has 2 aliphatic heterocycles. The first kappa shape index (κ1) is 49.5. The molecule has 2 aliphatic rings. The van der Waals surface area contributed by atoms with Crippen molar-refractivity contribution in [2.75, 3.05) is 15.0 Å². The molecular weight excluding hydrogens is 962 g/mol. The molecule has 0 amide bonds. The highest BCUT2D eigenvalue weighted by Gasteiger charge is 2.48. The Bertz CT molecular complexity index is 3880. The molecular formula is C73H66BN3S. The van der Waals surface area contributed by atoms with E-state index in [0.29, 0.717) is 0 Å². The molecule has 0 aliphatic carbocycles. The standard InChI is InChI=1S/C73H66BN3S/c1-70(2,3)48-32-38-54(39-33-48)76(55-40-34-49(35-41-55)71(4,5)6)57-44-45-63-59(46-57)67-66-58-28-19-20-31-64(58)78-65(66)47-62-68(67)74(77(63)56-42-36-50(37-43-56)72(7,8)9)61-30-21-29-60(69(61)75-62)73(51-22-13-10-14-23-51,52-24-15-11-16-25-52)53-26-17-12-18-27-53/h10-47,75H,1-9H3. The highest BCUT2D eigenvalue weighted by molar-refractivity contribution is 7.26. The van der Waals surface area contributed by atoms with Crippen LogP contribution in [0.25, 0.3) is 31.3 Å². The van der Waals surface area contributed by atoms with Crippen molar-refractivity contribution in [2.45, 2.75) is 84.0 Å². The first-order valence-corrected chi connectivity index (χ1v) is 28.5. The zero-order chi connectivity index (χ0) is 53.7. The van der Waals surface area contributed by atoms with Crippen molar-refractivity contribution in [2.24, 2.45) is 0 Å². The van der Waals surface area contributed by atoms with Crippen LogP contribution in [0.3, 0.4) is 0 Å². The van der Waals surface area contributed by atoms with E-state index < -0.39 is 5.41 Å². The van der Waals surface area contributed by atoms with Crippen LogP contribution in [0.15, 0.2) is 231 Å². The van der Waals surface area contributed by atoms with Crippen LogP contribution in [-0.4, -0.2) is 6.85 Å². The molecule has 1 N–H and O–H groups in total. The lowest BCUT2D eigenvalue weighted by Crippen LogP contribution is -2.61. The van der Waals surface area contributed by atoms with Crippen LogP contribution in [0.2, 0.25) is 0 Å². The van der Waals surface area contributed by atoms with Gasteiger partial charge < -0.3 is 15.0 Å². The number of benzene rings is 10. The quantitative estimate of drug-likeness (QED) is 0.121. The van der Waals surface area contributed by atoms with E-state index in [-0.39, 0.29) is 23.1 Å². The zero-order valence-corrected chi connectivity index (χ0v) is 47.1. The van der Waals surface area contributed by atoms with Crippen LogP contribution in [0, 0.1) is 0 Å². The Labute approximate surface area is 466 Å². The van der Waals surface area contributed by atoms with Gasteiger partial charge in [0.2, 0.25) is 0 Å². The Kier molecular flexibility index (Phi) is 11.7. The zero-order valence-electron chi connectivity index (χ0n) is 46.3. The van der Waals surface area contributed by atoms with Gasteiger partial charge in [-0.2, -0.15) is 0 Å². The van der Waals surface area contributed by atoms with E-state index >= 15 is 0 Å². The van der Waals surface area contributed by atoms with Gasteiger partial charge in [0.1, 0.15) is 0 Å². The first-order valence-electron chi connectivity index (χ1n) is 27.7. The summed E-state index contributed by atoms with van der Waals surface area (Å²) in [7, 11) is 0. The van der Waals surface area contributed by atoms with Crippen molar-refractivity contribution in [1.82, 2.24) is 0 Å². The molecule has 13 rings (SSSR count). The van der Waals surface area contributed by atoms with Crippen molar-refractivity contribution < 1.29 is 0 Å². The molecule has 10 aromatic carbocycles. The van der Waals surface area contributed by atoms with E-state index in [1.165, 1.54) is 86.9 Å². The SMILES string of the molecule is CC(C)(C)c1ccc(N2B3c4cccc(C(c5ccccc5)(c5ccccc5)c5ccccc5)c4Nc4cc5sc6ccccc6c5c(c43)-c3cc(N(c4ccc(C(C)(C)C)cc4)c4ccc(C(C)(C)C)cc4)ccc32)cc1. The van der Waals surface area contributed by atoms with Crippen molar-refractivity contribution in [3.05, 3.63) is 269 Å². The summed E-state index contributed by atoms with van der Waals surface area (Å²) in [6.07, 6.45) is 0. The largest absolute Gasteiger partial charge is 0.376 e. The van der Waals surface area contributed by atoms with Crippen LogP contribution in [0.5, 0.6) is 0 Å². The van der Waals surface area contributed by atoms with Crippen LogP contribution in [0.1, 0.15) is 101 Å². The molecule has 0 spiro atoms. The number of fused-ring (bicyclic) bond motifs is 8. The highest BCUT2D eigenvalue weighted by atomic mass is 32.1. The lowest BCUT2D eigenvalue weighted by atomic mass is 9.43. The molecule has 3 nitrogen and oxygen atoms in total. The van der Waals surface area contributed by atoms with Gasteiger partial charge >= 0.3 is 6.85 Å². The molecule has 5 heteroatoms. The summed E-state index contributed by atoms with van der Waals surface area (Å²) in [6.45, 7) is 20.5. The molecule has 11 aromatic rings. The Morgan fingerprint density at radius 3 is 1.45 bits per heavy atom. The van der Waals surface area contributed by atoms with E-state index in [4.69, 9.17) is 0 Å². The lowest BCUT2D eigenvalue weighted by Gasteiger charge is -2.45. The molecule has 3 heterocycles. The van der Waals surface area contributed by atoms with Crippen LogP contribution >= 0.6 is 11.3 Å². The van der Waals surface area contributed by atoms with E-state index in [1.807, 2.05) is 11.3 Å². The Morgan fingerprint density at radius 1 is 0.436 bits per heavy atom. The predicted octanol–water partition coefficient (Wildman–Crippen LogP) is 18.8. The van der Waals surface area contributed by atoms with Crippen LogP contribution in [-0.2, 0) is 21.7 Å². The molecule has 0 bridgehead atoms. The van der Waals surface area contributed by atoms with Gasteiger partial charge in [0.25, 0.3) is 0 Å². The van der Waals surface area contributed by atoms with E-state index in [2.05, 4.69) is 308 Å². The number of para-hydroxylation sites is 1. The number of nitrogens with one attached hydrogen (secondary N) is 1. The third-order valence-corrected chi connectivity index (χ3v) is 17.8. The second-order valence-electron chi connectivity index (χ2n) is 24.6. The van der Waals surface area contributed by atoms with E-state index in [0.717, 1.165) is 34.1 Å². The molecule has 78 heavy (non-hydrogen) atoms. The maximum absolute atomic E-state index is 4.32. The number of hydrogen-bond donors (Lipinski definition) is 1. The molecule has 0 saturated heterocycles. The molecule has 0 fully saturated rings.